The number of halogens is 1. The lowest BCUT2D eigenvalue weighted by Crippen LogP contribution is -2.52. The molecule has 3 fully saturated rings. The summed E-state index contributed by atoms with van der Waals surface area (Å²) >= 11 is 7.86. The molecule has 300 valence electrons. The number of piperidine rings is 1. The third-order valence-corrected chi connectivity index (χ3v) is 12.4. The number of anilines is 1. The second kappa shape index (κ2) is 18.1. The number of nitrogens with one attached hydrogen (secondary N) is 6. The SMILES string of the molecule is Cn1ncc(-c2nc(N[C@H]3CC[C@H](NCC(=O)NCCCCCNC(=O)NCc4cc5c(s4)C(=O)N(C4CCC(=O)NC4=O)C5)CC3)ncc2Cl)c1CC1CC1. The molecule has 6 N–H and O–H groups in total. The Balaban J connectivity index is 0.714. The average molecular weight is 808 g/mol. The van der Waals surface area contributed by atoms with Crippen LogP contribution in [0.5, 0.6) is 0 Å². The maximum atomic E-state index is 12.9. The molecule has 0 radical (unpaired) electrons. The van der Waals surface area contributed by atoms with Crippen LogP contribution in [0.4, 0.5) is 10.7 Å². The molecule has 0 spiro atoms. The molecule has 5 heterocycles. The maximum absolute atomic E-state index is 12.9. The second-order valence-corrected chi connectivity index (χ2v) is 16.8. The summed E-state index contributed by atoms with van der Waals surface area (Å²) in [6, 6.07) is 1.48. The number of imide groups is 1. The molecule has 56 heavy (non-hydrogen) atoms. The highest BCUT2D eigenvalue weighted by atomic mass is 35.5. The number of hydrogen-bond donors (Lipinski definition) is 6. The molecule has 6 amide bonds. The van der Waals surface area contributed by atoms with Crippen LogP contribution >= 0.6 is 22.9 Å². The minimum Gasteiger partial charge on any atom is -0.355 e. The number of hydrogen-bond acceptors (Lipinski definition) is 11. The number of nitrogens with zero attached hydrogens (tertiary/aromatic N) is 5. The summed E-state index contributed by atoms with van der Waals surface area (Å²) in [6.45, 7) is 1.98. The van der Waals surface area contributed by atoms with Gasteiger partial charge in [0.25, 0.3) is 5.91 Å². The monoisotopic (exact) mass is 807 g/mol. The number of carbonyl (C=O) groups is 5. The highest BCUT2D eigenvalue weighted by Gasteiger charge is 2.40. The first-order chi connectivity index (χ1) is 27.1. The molecule has 2 aliphatic carbocycles. The van der Waals surface area contributed by atoms with Crippen molar-refractivity contribution in [1.82, 2.24) is 51.2 Å². The molecule has 18 heteroatoms. The van der Waals surface area contributed by atoms with Gasteiger partial charge in [-0.3, -0.25) is 29.2 Å². The zero-order valence-electron chi connectivity index (χ0n) is 31.6. The van der Waals surface area contributed by atoms with E-state index in [1.54, 1.807) is 6.20 Å². The molecule has 0 aromatic carbocycles. The predicted octanol–water partition coefficient (Wildman–Crippen LogP) is 3.40. The highest BCUT2D eigenvalue weighted by Crippen LogP contribution is 2.37. The summed E-state index contributed by atoms with van der Waals surface area (Å²) < 4.78 is 1.92. The first kappa shape index (κ1) is 39.6. The van der Waals surface area contributed by atoms with Gasteiger partial charge in [-0.1, -0.05) is 11.6 Å². The van der Waals surface area contributed by atoms with Gasteiger partial charge in [0.1, 0.15) is 6.04 Å². The van der Waals surface area contributed by atoms with Crippen LogP contribution in [-0.2, 0) is 40.9 Å². The van der Waals surface area contributed by atoms with Gasteiger partial charge in [0.2, 0.25) is 23.7 Å². The fourth-order valence-corrected chi connectivity index (χ4v) is 8.88. The minimum atomic E-state index is -0.637. The van der Waals surface area contributed by atoms with Crippen molar-refractivity contribution >= 4 is 58.5 Å². The van der Waals surface area contributed by atoms with E-state index in [2.05, 4.69) is 42.0 Å². The summed E-state index contributed by atoms with van der Waals surface area (Å²) in [6.07, 6.45) is 13.8. The molecular formula is C38H50ClN11O5S. The Morgan fingerprint density at radius 1 is 0.964 bits per heavy atom. The lowest BCUT2D eigenvalue weighted by atomic mass is 9.91. The molecule has 0 bridgehead atoms. The van der Waals surface area contributed by atoms with Gasteiger partial charge in [-0.15, -0.1) is 11.3 Å². The van der Waals surface area contributed by atoms with Crippen LogP contribution in [-0.4, -0.2) is 92.1 Å². The van der Waals surface area contributed by atoms with Gasteiger partial charge in [-0.2, -0.15) is 5.10 Å². The van der Waals surface area contributed by atoms with E-state index in [0.717, 1.165) is 73.1 Å². The first-order valence-electron chi connectivity index (χ1n) is 19.7. The van der Waals surface area contributed by atoms with E-state index < -0.39 is 11.9 Å². The molecular weight excluding hydrogens is 758 g/mol. The number of amides is 6. The number of aryl methyl sites for hydroxylation is 1. The summed E-state index contributed by atoms with van der Waals surface area (Å²) in [4.78, 5) is 73.6. The number of rotatable bonds is 17. The van der Waals surface area contributed by atoms with Crippen molar-refractivity contribution in [2.75, 3.05) is 25.0 Å². The normalized spacial score (nSPS) is 20.8. The van der Waals surface area contributed by atoms with Crippen LogP contribution in [0.3, 0.4) is 0 Å². The van der Waals surface area contributed by atoms with Crippen LogP contribution in [0, 0.1) is 5.92 Å². The van der Waals surface area contributed by atoms with Crippen LogP contribution in [0.1, 0.15) is 96.4 Å². The van der Waals surface area contributed by atoms with E-state index in [9.17, 15) is 24.0 Å². The quantitative estimate of drug-likeness (QED) is 0.0867. The van der Waals surface area contributed by atoms with E-state index in [0.29, 0.717) is 60.1 Å². The van der Waals surface area contributed by atoms with Crippen LogP contribution in [0.15, 0.2) is 18.5 Å². The largest absolute Gasteiger partial charge is 0.355 e. The van der Waals surface area contributed by atoms with E-state index in [1.807, 2.05) is 24.0 Å². The van der Waals surface area contributed by atoms with Crippen LogP contribution < -0.4 is 31.9 Å². The fourth-order valence-electron chi connectivity index (χ4n) is 7.62. The lowest BCUT2D eigenvalue weighted by molar-refractivity contribution is -0.137. The van der Waals surface area contributed by atoms with Gasteiger partial charge in [-0.25, -0.2) is 14.8 Å². The van der Waals surface area contributed by atoms with Crippen LogP contribution in [0.2, 0.25) is 5.02 Å². The van der Waals surface area contributed by atoms with Crippen molar-refractivity contribution in [3.8, 4) is 11.3 Å². The van der Waals surface area contributed by atoms with Crippen molar-refractivity contribution in [3.63, 3.8) is 0 Å². The highest BCUT2D eigenvalue weighted by molar-refractivity contribution is 7.14. The standard InChI is InChI=1S/C38H50ClN11O5S/c1-49-30(15-22-5-6-22)27(18-45-49)33-28(39)19-43-37(48-33)46-25-9-7-24(8-10-25)42-20-32(52)40-13-3-2-4-14-41-38(55)44-17-26-16-23-21-50(36(54)34(23)56-26)29-11-12-31(51)47-35(29)53/h16,18-19,22,24-25,29,42H,2-15,17,20-21H2,1H3,(H,40,52)(H2,41,44,55)(H,43,46,48)(H,47,51,53)/t24-,25-,29?. The maximum Gasteiger partial charge on any atom is 0.315 e. The van der Waals surface area contributed by atoms with Gasteiger partial charge in [0.15, 0.2) is 0 Å². The molecule has 7 rings (SSSR count). The number of urea groups is 1. The Morgan fingerprint density at radius 3 is 2.48 bits per heavy atom. The van der Waals surface area contributed by atoms with E-state index in [1.165, 1.54) is 29.1 Å². The smallest absolute Gasteiger partial charge is 0.315 e. The molecule has 4 aliphatic rings. The molecule has 16 nitrogen and oxygen atoms in total. The van der Waals surface area contributed by atoms with Crippen molar-refractivity contribution in [3.05, 3.63) is 44.5 Å². The predicted molar refractivity (Wildman–Crippen MR) is 211 cm³/mol. The third kappa shape index (κ3) is 10.0. The van der Waals surface area contributed by atoms with Gasteiger partial charge in [-0.05, 0) is 88.2 Å². The zero-order valence-corrected chi connectivity index (χ0v) is 33.2. The number of aromatic nitrogens is 4. The average Bonchev–Trinajstić information content (AvgIpc) is 3.70. The van der Waals surface area contributed by atoms with Gasteiger partial charge >= 0.3 is 6.03 Å². The number of fused-ring (bicyclic) bond motifs is 1. The molecule has 1 atom stereocenters. The topological polar surface area (TPSA) is 204 Å². The molecule has 1 saturated heterocycles. The molecule has 2 saturated carbocycles. The lowest BCUT2D eigenvalue weighted by Gasteiger charge is -2.29. The number of carbonyl (C=O) groups excluding carboxylic acids is 5. The Kier molecular flexibility index (Phi) is 12.8. The number of thiophene rings is 1. The molecule has 3 aromatic heterocycles. The van der Waals surface area contributed by atoms with E-state index in [-0.39, 0.29) is 48.8 Å². The van der Waals surface area contributed by atoms with Crippen molar-refractivity contribution in [2.24, 2.45) is 13.0 Å². The fraction of sp³-hybridized carbons (Fsp3) is 0.579. The van der Waals surface area contributed by atoms with Gasteiger partial charge in [0.05, 0.1) is 41.1 Å². The summed E-state index contributed by atoms with van der Waals surface area (Å²) in [5.74, 6) is 0.307. The van der Waals surface area contributed by atoms with Crippen molar-refractivity contribution in [1.29, 1.82) is 0 Å². The molecule has 3 aromatic rings. The Bertz CT molecular complexity index is 1940. The van der Waals surface area contributed by atoms with Crippen molar-refractivity contribution in [2.45, 2.75) is 108 Å². The van der Waals surface area contributed by atoms with Gasteiger partial charge < -0.3 is 31.5 Å². The van der Waals surface area contributed by atoms with Gasteiger partial charge in [0, 0.05) is 61.3 Å². The van der Waals surface area contributed by atoms with E-state index in [4.69, 9.17) is 16.6 Å². The Morgan fingerprint density at radius 2 is 1.73 bits per heavy atom. The second-order valence-electron chi connectivity index (χ2n) is 15.2. The summed E-state index contributed by atoms with van der Waals surface area (Å²) in [5, 5.41) is 22.9. The minimum absolute atomic E-state index is 0.0220. The summed E-state index contributed by atoms with van der Waals surface area (Å²) in [7, 11) is 1.97. The first-order valence-corrected chi connectivity index (χ1v) is 20.9. The van der Waals surface area contributed by atoms with Crippen molar-refractivity contribution < 1.29 is 24.0 Å². The van der Waals surface area contributed by atoms with E-state index >= 15 is 0 Å². The number of unbranched alkanes of at least 4 members (excludes halogenated alkanes) is 2. The molecule has 2 aliphatic heterocycles. The summed E-state index contributed by atoms with van der Waals surface area (Å²) in [5.41, 5.74) is 3.68. The zero-order chi connectivity index (χ0) is 39.2. The third-order valence-electron chi connectivity index (χ3n) is 11.0. The molecule has 1 unspecified atom stereocenters. The van der Waals surface area contributed by atoms with Crippen LogP contribution in [0.25, 0.3) is 11.3 Å². The Labute approximate surface area is 334 Å². The Hall–Kier alpha value is -4.61.